The zero-order chi connectivity index (χ0) is 21.8. The zero-order valence-corrected chi connectivity index (χ0v) is 19.1. The monoisotopic (exact) mass is 456 g/mol. The van der Waals surface area contributed by atoms with E-state index in [1.54, 1.807) is 6.07 Å². The molecule has 0 radical (unpaired) electrons. The summed E-state index contributed by atoms with van der Waals surface area (Å²) in [5.74, 6) is 0.779. The van der Waals surface area contributed by atoms with Gasteiger partial charge in [-0.05, 0) is 66.9 Å². The van der Waals surface area contributed by atoms with Gasteiger partial charge in [0.2, 0.25) is 0 Å². The molecule has 2 aromatic carbocycles. The van der Waals surface area contributed by atoms with Crippen LogP contribution in [0.5, 0.6) is 5.75 Å². The molecule has 1 aromatic heterocycles. The Morgan fingerprint density at radius 2 is 1.87 bits per heavy atom. The second kappa shape index (κ2) is 9.80. The van der Waals surface area contributed by atoms with E-state index in [1.165, 1.54) is 0 Å². The third-order valence-corrected chi connectivity index (χ3v) is 6.38. The third kappa shape index (κ3) is 4.76. The van der Waals surface area contributed by atoms with Crippen molar-refractivity contribution >= 4 is 29.1 Å². The van der Waals surface area contributed by atoms with E-state index in [0.29, 0.717) is 28.8 Å². The number of unbranched alkanes of at least 4 members (excludes halogenated alkanes) is 1. The molecular weight excluding hydrogens is 431 g/mol. The highest BCUT2D eigenvalue weighted by atomic mass is 35.5. The topological polar surface area (TPSA) is 34.5 Å². The minimum Gasteiger partial charge on any atom is -0.494 e. The van der Waals surface area contributed by atoms with Gasteiger partial charge in [0.05, 0.1) is 22.7 Å². The molecule has 1 aliphatic heterocycles. The highest BCUT2D eigenvalue weighted by molar-refractivity contribution is 6.42. The SMILES string of the molecule is CCCCOc1ccc(C(=O)N2CCCn3cccc3C2c2ccc(Cl)c(Cl)c2)cc1. The van der Waals surface area contributed by atoms with Gasteiger partial charge in [-0.3, -0.25) is 4.79 Å². The molecule has 0 aliphatic carbocycles. The number of nitrogens with zero attached hydrogens (tertiary/aromatic N) is 2. The summed E-state index contributed by atoms with van der Waals surface area (Å²) in [6.07, 6.45) is 5.04. The molecule has 4 nitrogen and oxygen atoms in total. The number of aromatic nitrogens is 1. The molecule has 0 saturated heterocycles. The Balaban J connectivity index is 1.66. The Labute approximate surface area is 193 Å². The largest absolute Gasteiger partial charge is 0.494 e. The van der Waals surface area contributed by atoms with Gasteiger partial charge in [-0.1, -0.05) is 42.6 Å². The van der Waals surface area contributed by atoms with E-state index < -0.39 is 0 Å². The first-order valence-corrected chi connectivity index (χ1v) is 11.5. The van der Waals surface area contributed by atoms with Crippen LogP contribution in [0.3, 0.4) is 0 Å². The maximum atomic E-state index is 13.6. The third-order valence-electron chi connectivity index (χ3n) is 5.64. The summed E-state index contributed by atoms with van der Waals surface area (Å²) in [6.45, 7) is 4.34. The van der Waals surface area contributed by atoms with E-state index >= 15 is 0 Å². The van der Waals surface area contributed by atoms with Crippen LogP contribution in [-0.2, 0) is 6.54 Å². The Kier molecular flexibility index (Phi) is 6.89. The van der Waals surface area contributed by atoms with Gasteiger partial charge in [0, 0.05) is 30.5 Å². The molecule has 0 saturated carbocycles. The number of carbonyl (C=O) groups excluding carboxylic acids is 1. The maximum absolute atomic E-state index is 13.6. The summed E-state index contributed by atoms with van der Waals surface area (Å²) >= 11 is 12.5. The second-order valence-electron chi connectivity index (χ2n) is 7.78. The molecule has 2 heterocycles. The number of rotatable bonds is 6. The van der Waals surface area contributed by atoms with Gasteiger partial charge in [-0.25, -0.2) is 0 Å². The van der Waals surface area contributed by atoms with Gasteiger partial charge >= 0.3 is 0 Å². The molecule has 4 rings (SSSR count). The van der Waals surface area contributed by atoms with Crippen LogP contribution < -0.4 is 4.74 Å². The van der Waals surface area contributed by atoms with Crippen molar-refractivity contribution in [2.24, 2.45) is 0 Å². The van der Waals surface area contributed by atoms with E-state index in [0.717, 1.165) is 42.8 Å². The second-order valence-corrected chi connectivity index (χ2v) is 8.60. The molecule has 1 atom stereocenters. The van der Waals surface area contributed by atoms with Gasteiger partial charge in [0.25, 0.3) is 5.91 Å². The van der Waals surface area contributed by atoms with Gasteiger partial charge in [0.1, 0.15) is 5.75 Å². The number of fused-ring (bicyclic) bond motifs is 1. The van der Waals surface area contributed by atoms with Crippen molar-refractivity contribution in [2.45, 2.75) is 38.8 Å². The summed E-state index contributed by atoms with van der Waals surface area (Å²) in [6, 6.07) is 16.9. The average Bonchev–Trinajstić information content (AvgIpc) is 3.16. The van der Waals surface area contributed by atoms with E-state index in [4.69, 9.17) is 27.9 Å². The van der Waals surface area contributed by atoms with Crippen LogP contribution in [0, 0.1) is 0 Å². The number of amides is 1. The van der Waals surface area contributed by atoms with Crippen molar-refractivity contribution in [3.05, 3.63) is 87.7 Å². The number of aryl methyl sites for hydroxylation is 1. The van der Waals surface area contributed by atoms with Crippen molar-refractivity contribution in [3.63, 3.8) is 0 Å². The number of hydrogen-bond donors (Lipinski definition) is 0. The van der Waals surface area contributed by atoms with Crippen LogP contribution in [0.25, 0.3) is 0 Å². The Morgan fingerprint density at radius 3 is 2.61 bits per heavy atom. The van der Waals surface area contributed by atoms with E-state index in [2.05, 4.69) is 23.8 Å². The first kappa shape index (κ1) is 21.8. The number of hydrogen-bond acceptors (Lipinski definition) is 2. The normalized spacial score (nSPS) is 16.0. The fourth-order valence-electron chi connectivity index (χ4n) is 4.03. The molecule has 1 amide bonds. The van der Waals surface area contributed by atoms with Crippen molar-refractivity contribution in [3.8, 4) is 5.75 Å². The Morgan fingerprint density at radius 1 is 1.06 bits per heavy atom. The van der Waals surface area contributed by atoms with E-state index in [1.807, 2.05) is 47.4 Å². The summed E-state index contributed by atoms with van der Waals surface area (Å²) in [7, 11) is 0. The first-order valence-electron chi connectivity index (χ1n) is 10.7. The van der Waals surface area contributed by atoms with E-state index in [9.17, 15) is 4.79 Å². The van der Waals surface area contributed by atoms with Gasteiger partial charge in [-0.15, -0.1) is 0 Å². The number of halogens is 2. The Bertz CT molecular complexity index is 1050. The van der Waals surface area contributed by atoms with Gasteiger partial charge in [0.15, 0.2) is 0 Å². The summed E-state index contributed by atoms with van der Waals surface area (Å²) < 4.78 is 7.96. The molecule has 1 aliphatic rings. The highest BCUT2D eigenvalue weighted by Gasteiger charge is 2.31. The molecule has 6 heteroatoms. The van der Waals surface area contributed by atoms with E-state index in [-0.39, 0.29) is 11.9 Å². The lowest BCUT2D eigenvalue weighted by atomic mass is 10.0. The lowest BCUT2D eigenvalue weighted by Gasteiger charge is -2.31. The predicted octanol–water partition coefficient (Wildman–Crippen LogP) is 6.61. The number of benzene rings is 2. The minimum atomic E-state index is -0.236. The standard InChI is InChI=1S/C25H26Cl2N2O2/c1-2-3-16-31-20-10-7-18(8-11-20)25(30)29-15-5-14-28-13-4-6-23(28)24(29)19-9-12-21(26)22(27)17-19/h4,6-13,17,24H,2-3,5,14-16H2,1H3. The zero-order valence-electron chi connectivity index (χ0n) is 17.6. The van der Waals surface area contributed by atoms with Crippen molar-refractivity contribution in [1.29, 1.82) is 0 Å². The van der Waals surface area contributed by atoms with Crippen LogP contribution in [0.2, 0.25) is 10.0 Å². The molecular formula is C25H26Cl2N2O2. The molecule has 162 valence electrons. The average molecular weight is 457 g/mol. The molecule has 0 spiro atoms. The summed E-state index contributed by atoms with van der Waals surface area (Å²) in [5.41, 5.74) is 2.67. The molecule has 0 bridgehead atoms. The van der Waals surface area contributed by atoms with Crippen LogP contribution in [-0.4, -0.2) is 28.5 Å². The summed E-state index contributed by atoms with van der Waals surface area (Å²) in [4.78, 5) is 15.5. The van der Waals surface area contributed by atoms with Crippen molar-refractivity contribution in [1.82, 2.24) is 9.47 Å². The lowest BCUT2D eigenvalue weighted by molar-refractivity contribution is 0.0709. The fourth-order valence-corrected chi connectivity index (χ4v) is 4.33. The van der Waals surface area contributed by atoms with Crippen LogP contribution in [0.4, 0.5) is 0 Å². The maximum Gasteiger partial charge on any atom is 0.254 e. The van der Waals surface area contributed by atoms with Crippen LogP contribution in [0.15, 0.2) is 60.8 Å². The molecule has 0 fully saturated rings. The Hall–Kier alpha value is -2.43. The molecule has 1 unspecified atom stereocenters. The number of ether oxygens (including phenoxy) is 1. The van der Waals surface area contributed by atoms with Crippen LogP contribution >= 0.6 is 23.2 Å². The molecule has 31 heavy (non-hydrogen) atoms. The van der Waals surface area contributed by atoms with Crippen molar-refractivity contribution < 1.29 is 9.53 Å². The first-order chi connectivity index (χ1) is 15.1. The van der Waals surface area contributed by atoms with Crippen LogP contribution in [0.1, 0.15) is 53.8 Å². The summed E-state index contributed by atoms with van der Waals surface area (Å²) in [5, 5.41) is 0.994. The molecule has 0 N–H and O–H groups in total. The van der Waals surface area contributed by atoms with Gasteiger partial charge < -0.3 is 14.2 Å². The van der Waals surface area contributed by atoms with Gasteiger partial charge in [-0.2, -0.15) is 0 Å². The smallest absolute Gasteiger partial charge is 0.254 e. The number of carbonyl (C=O) groups is 1. The molecule has 3 aromatic rings. The fraction of sp³-hybridized carbons (Fsp3) is 0.320. The lowest BCUT2D eigenvalue weighted by Crippen LogP contribution is -2.35. The van der Waals surface area contributed by atoms with Crippen molar-refractivity contribution in [2.75, 3.05) is 13.2 Å². The highest BCUT2D eigenvalue weighted by Crippen LogP contribution is 2.36. The quantitative estimate of drug-likeness (QED) is 0.391. The minimum absolute atomic E-state index is 0.00849. The predicted molar refractivity (Wildman–Crippen MR) is 125 cm³/mol.